The molecule has 1 heterocycles. The molecule has 1 aromatic heterocycles. The average molecular weight is 358 g/mol. The van der Waals surface area contributed by atoms with Gasteiger partial charge in [0.2, 0.25) is 0 Å². The van der Waals surface area contributed by atoms with Gasteiger partial charge in [-0.05, 0) is 42.0 Å². The largest absolute Gasteiger partial charge is 0.573 e. The van der Waals surface area contributed by atoms with E-state index in [4.69, 9.17) is 0 Å². The Bertz CT molecular complexity index is 914. The molecular weight excluding hydrogens is 345 g/mol. The lowest BCUT2D eigenvalue weighted by atomic mass is 10.2. The molecule has 3 aromatic rings. The molecule has 3 rings (SSSR count). The highest BCUT2D eigenvalue weighted by Crippen LogP contribution is 2.23. The van der Waals surface area contributed by atoms with Crippen LogP contribution in [-0.2, 0) is 0 Å². The number of hydrogen-bond acceptors (Lipinski definition) is 3. The second-order valence-corrected chi connectivity index (χ2v) is 5.31. The molecule has 7 heteroatoms. The molecule has 2 aromatic carbocycles. The third-order valence-electron chi connectivity index (χ3n) is 3.40. The Morgan fingerprint density at radius 2 is 1.65 bits per heavy atom. The molecule has 0 saturated heterocycles. The molecule has 0 atom stereocenters. The first-order chi connectivity index (χ1) is 12.4. The van der Waals surface area contributed by atoms with Gasteiger partial charge in [0, 0.05) is 11.8 Å². The zero-order valence-electron chi connectivity index (χ0n) is 13.4. The summed E-state index contributed by atoms with van der Waals surface area (Å²) in [6.45, 7) is 0. The minimum absolute atomic E-state index is 0.196. The van der Waals surface area contributed by atoms with Gasteiger partial charge >= 0.3 is 6.36 Å². The number of benzene rings is 2. The highest BCUT2D eigenvalue weighted by Gasteiger charge is 2.31. The number of nitrogens with zero attached hydrogens (tertiary/aromatic N) is 2. The van der Waals surface area contributed by atoms with Crippen molar-refractivity contribution in [2.75, 3.05) is 0 Å². The van der Waals surface area contributed by atoms with Crippen LogP contribution < -0.4 is 4.74 Å². The number of carbonyl (C=O) groups is 1. The van der Waals surface area contributed by atoms with Crippen LogP contribution in [0.1, 0.15) is 21.6 Å². The molecule has 0 aliphatic rings. The van der Waals surface area contributed by atoms with Gasteiger partial charge in [-0.15, -0.1) is 13.2 Å². The monoisotopic (exact) mass is 358 g/mol. The minimum Gasteiger partial charge on any atom is -0.406 e. The Balaban J connectivity index is 1.71. The van der Waals surface area contributed by atoms with Gasteiger partial charge in [-0.1, -0.05) is 36.4 Å². The van der Waals surface area contributed by atoms with Gasteiger partial charge in [-0.3, -0.25) is 4.79 Å². The SMILES string of the molecule is O=C(c1ccc(OC(F)(F)F)cc1)n1ccc(/C=C/c2ccccc2)n1. The van der Waals surface area contributed by atoms with E-state index in [0.29, 0.717) is 5.69 Å². The summed E-state index contributed by atoms with van der Waals surface area (Å²) in [4.78, 5) is 12.3. The number of rotatable bonds is 4. The van der Waals surface area contributed by atoms with Crippen molar-refractivity contribution in [1.29, 1.82) is 0 Å². The van der Waals surface area contributed by atoms with Crippen LogP contribution in [0.5, 0.6) is 5.75 Å². The van der Waals surface area contributed by atoms with Gasteiger partial charge in [0.1, 0.15) is 5.75 Å². The molecule has 26 heavy (non-hydrogen) atoms. The molecule has 0 fully saturated rings. The van der Waals surface area contributed by atoms with Crippen molar-refractivity contribution < 1.29 is 22.7 Å². The van der Waals surface area contributed by atoms with E-state index in [0.717, 1.165) is 22.4 Å². The molecule has 0 N–H and O–H groups in total. The smallest absolute Gasteiger partial charge is 0.406 e. The third-order valence-corrected chi connectivity index (χ3v) is 3.40. The third kappa shape index (κ3) is 4.60. The van der Waals surface area contributed by atoms with Crippen LogP contribution in [0.3, 0.4) is 0 Å². The Morgan fingerprint density at radius 3 is 2.31 bits per heavy atom. The molecule has 4 nitrogen and oxygen atoms in total. The molecule has 0 bridgehead atoms. The van der Waals surface area contributed by atoms with E-state index < -0.39 is 12.3 Å². The lowest BCUT2D eigenvalue weighted by molar-refractivity contribution is -0.274. The Hall–Kier alpha value is -3.35. The van der Waals surface area contributed by atoms with Crippen molar-refractivity contribution in [2.45, 2.75) is 6.36 Å². The quantitative estimate of drug-likeness (QED) is 0.682. The summed E-state index contributed by atoms with van der Waals surface area (Å²) in [5.41, 5.74) is 1.77. The van der Waals surface area contributed by atoms with Crippen LogP contribution in [0.25, 0.3) is 12.2 Å². The van der Waals surface area contributed by atoms with Crippen molar-refractivity contribution in [3.8, 4) is 5.75 Å². The summed E-state index contributed by atoms with van der Waals surface area (Å²) >= 11 is 0. The zero-order chi connectivity index (χ0) is 18.6. The predicted molar refractivity (Wildman–Crippen MR) is 90.5 cm³/mol. The predicted octanol–water partition coefficient (Wildman–Crippen LogP) is 4.64. The van der Waals surface area contributed by atoms with Crippen LogP contribution in [0.15, 0.2) is 66.9 Å². The van der Waals surface area contributed by atoms with Crippen LogP contribution in [-0.4, -0.2) is 22.1 Å². The maximum atomic E-state index is 12.3. The van der Waals surface area contributed by atoms with E-state index in [1.165, 1.54) is 18.3 Å². The summed E-state index contributed by atoms with van der Waals surface area (Å²) in [6, 6.07) is 15.9. The number of aromatic nitrogens is 2. The topological polar surface area (TPSA) is 44.1 Å². The fourth-order valence-corrected chi connectivity index (χ4v) is 2.22. The molecule has 0 spiro atoms. The normalized spacial score (nSPS) is 11.7. The molecule has 0 unspecified atom stereocenters. The zero-order valence-corrected chi connectivity index (χ0v) is 13.4. The molecule has 0 aliphatic carbocycles. The molecule has 0 aliphatic heterocycles. The molecular formula is C19H13F3N2O2. The fourth-order valence-electron chi connectivity index (χ4n) is 2.22. The van der Waals surface area contributed by atoms with Gasteiger partial charge in [-0.25, -0.2) is 4.68 Å². The summed E-state index contributed by atoms with van der Waals surface area (Å²) in [5.74, 6) is -0.844. The van der Waals surface area contributed by atoms with Crippen molar-refractivity contribution in [1.82, 2.24) is 9.78 Å². The molecule has 132 valence electrons. The first kappa shape index (κ1) is 17.5. The highest BCUT2D eigenvalue weighted by atomic mass is 19.4. The second-order valence-electron chi connectivity index (χ2n) is 5.31. The number of halogens is 3. The first-order valence-electron chi connectivity index (χ1n) is 7.60. The van der Waals surface area contributed by atoms with Crippen LogP contribution in [0, 0.1) is 0 Å². The van der Waals surface area contributed by atoms with E-state index in [-0.39, 0.29) is 11.3 Å². The van der Waals surface area contributed by atoms with E-state index in [1.807, 2.05) is 36.4 Å². The molecule has 0 radical (unpaired) electrons. The Kier molecular flexibility index (Phi) is 4.88. The highest BCUT2D eigenvalue weighted by molar-refractivity contribution is 5.95. The second kappa shape index (κ2) is 7.26. The van der Waals surface area contributed by atoms with E-state index in [2.05, 4.69) is 9.84 Å². The van der Waals surface area contributed by atoms with Gasteiger partial charge in [-0.2, -0.15) is 5.10 Å². The Morgan fingerprint density at radius 1 is 0.962 bits per heavy atom. The van der Waals surface area contributed by atoms with Crippen molar-refractivity contribution in [2.24, 2.45) is 0 Å². The van der Waals surface area contributed by atoms with Gasteiger partial charge < -0.3 is 4.74 Å². The lowest BCUT2D eigenvalue weighted by Crippen LogP contribution is -2.17. The van der Waals surface area contributed by atoms with Gasteiger partial charge in [0.25, 0.3) is 5.91 Å². The van der Waals surface area contributed by atoms with Gasteiger partial charge in [0.05, 0.1) is 5.69 Å². The molecule has 0 saturated carbocycles. The fraction of sp³-hybridized carbons (Fsp3) is 0.0526. The minimum atomic E-state index is -4.77. The summed E-state index contributed by atoms with van der Waals surface area (Å²) in [7, 11) is 0. The maximum Gasteiger partial charge on any atom is 0.573 e. The van der Waals surface area contributed by atoms with Gasteiger partial charge in [0.15, 0.2) is 0 Å². The van der Waals surface area contributed by atoms with Crippen molar-refractivity contribution >= 4 is 18.1 Å². The lowest BCUT2D eigenvalue weighted by Gasteiger charge is -2.08. The van der Waals surface area contributed by atoms with Crippen LogP contribution in [0.4, 0.5) is 13.2 Å². The van der Waals surface area contributed by atoms with E-state index in [1.54, 1.807) is 12.1 Å². The number of ether oxygens (including phenoxy) is 1. The molecule has 0 amide bonds. The standard InChI is InChI=1S/C19H13F3N2O2/c20-19(21,22)26-17-10-7-15(8-11-17)18(25)24-13-12-16(23-24)9-6-14-4-2-1-3-5-14/h1-13H/b9-6+. The van der Waals surface area contributed by atoms with E-state index in [9.17, 15) is 18.0 Å². The average Bonchev–Trinajstić information content (AvgIpc) is 3.08. The first-order valence-corrected chi connectivity index (χ1v) is 7.60. The maximum absolute atomic E-state index is 12.3. The summed E-state index contributed by atoms with van der Waals surface area (Å²) in [6.07, 6.45) is 0.348. The number of carbonyl (C=O) groups excluding carboxylic acids is 1. The van der Waals surface area contributed by atoms with Crippen molar-refractivity contribution in [3.05, 3.63) is 83.7 Å². The van der Waals surface area contributed by atoms with Crippen LogP contribution >= 0.6 is 0 Å². The number of hydrogen-bond donors (Lipinski definition) is 0. The number of alkyl halides is 3. The van der Waals surface area contributed by atoms with Crippen LogP contribution in [0.2, 0.25) is 0 Å². The Labute approximate surface area is 147 Å². The summed E-state index contributed by atoms with van der Waals surface area (Å²) in [5, 5.41) is 4.15. The van der Waals surface area contributed by atoms with Crippen molar-refractivity contribution in [3.63, 3.8) is 0 Å². The van der Waals surface area contributed by atoms with E-state index >= 15 is 0 Å². The summed E-state index contributed by atoms with van der Waals surface area (Å²) < 4.78 is 41.4.